The molecule has 0 aliphatic heterocycles. The number of amides is 3. The quantitative estimate of drug-likeness (QED) is 0.141. The number of rotatable bonds is 20. The molecule has 14 heteroatoms. The van der Waals surface area contributed by atoms with Crippen molar-refractivity contribution in [3.8, 4) is 17.2 Å². The number of aromatic hydroxyl groups is 2. The number of esters is 2. The molecule has 3 rings (SSSR count). The minimum absolute atomic E-state index is 0.00475. The number of benzene rings is 3. The average Bonchev–Trinajstić information content (AvgIpc) is 3.21. The number of phenols is 2. The van der Waals surface area contributed by atoms with Crippen LogP contribution in [0.15, 0.2) is 72.8 Å². The molecule has 58 heavy (non-hydrogen) atoms. The Labute approximate surface area is 342 Å². The van der Waals surface area contributed by atoms with Crippen molar-refractivity contribution in [3.05, 3.63) is 89.5 Å². The fourth-order valence-corrected chi connectivity index (χ4v) is 6.43. The number of carbonyl (C=O) groups is 5. The van der Waals surface area contributed by atoms with Crippen LogP contribution >= 0.6 is 0 Å². The monoisotopic (exact) mass is 804 g/mol. The number of ether oxygens (including phenoxy) is 3. The third-order valence-corrected chi connectivity index (χ3v) is 10.5. The summed E-state index contributed by atoms with van der Waals surface area (Å²) in [5.41, 5.74) is 2.15. The van der Waals surface area contributed by atoms with Crippen molar-refractivity contribution < 1.29 is 48.4 Å². The van der Waals surface area contributed by atoms with Crippen LogP contribution in [0.25, 0.3) is 0 Å². The lowest BCUT2D eigenvalue weighted by Crippen LogP contribution is -2.59. The molecule has 316 valence electrons. The van der Waals surface area contributed by atoms with Gasteiger partial charge in [0, 0.05) is 32.9 Å². The summed E-state index contributed by atoms with van der Waals surface area (Å²) in [6.07, 6.45) is -0.341. The molecule has 0 bridgehead atoms. The van der Waals surface area contributed by atoms with Crippen molar-refractivity contribution in [2.45, 2.75) is 83.6 Å². The first-order valence-electron chi connectivity index (χ1n) is 19.4. The number of hydrogen-bond donors (Lipinski definition) is 3. The lowest BCUT2D eigenvalue weighted by atomic mass is 9.96. The van der Waals surface area contributed by atoms with E-state index in [-0.39, 0.29) is 24.3 Å². The lowest BCUT2D eigenvalue weighted by Gasteiger charge is -2.36. The van der Waals surface area contributed by atoms with Gasteiger partial charge >= 0.3 is 11.9 Å². The van der Waals surface area contributed by atoms with Crippen LogP contribution in [-0.2, 0) is 52.7 Å². The van der Waals surface area contributed by atoms with E-state index in [0.29, 0.717) is 29.7 Å². The van der Waals surface area contributed by atoms with Crippen LogP contribution in [-0.4, -0.2) is 127 Å². The second-order valence-corrected chi connectivity index (χ2v) is 15.2. The molecule has 0 aliphatic carbocycles. The molecule has 0 saturated heterocycles. The van der Waals surface area contributed by atoms with Crippen LogP contribution in [0.5, 0.6) is 17.2 Å². The number of phenolic OH excluding ortho intramolecular Hbond substituents is 2. The van der Waals surface area contributed by atoms with Crippen molar-refractivity contribution in [2.75, 3.05) is 42.4 Å². The first kappa shape index (κ1) is 46.8. The van der Waals surface area contributed by atoms with Crippen LogP contribution in [0.1, 0.15) is 50.8 Å². The zero-order valence-corrected chi connectivity index (χ0v) is 35.3. The molecule has 0 aromatic heterocycles. The Morgan fingerprint density at radius 3 is 1.52 bits per heavy atom. The maximum absolute atomic E-state index is 14.5. The smallest absolute Gasteiger partial charge is 0.328 e. The Bertz CT molecular complexity index is 1820. The standard InChI is InChI=1S/C44H60N4O10/c1-11-28(4)39(58-44(55)36(46(5)6)25-31-16-22-34(56-9)23-17-31)40(51)45-38(27(2)3)42(53)47(7)35(24-29-12-18-32(49)19-13-29)41(52)48(8)37(43(54)57-10)26-30-14-20-33(50)21-15-30/h12-23,27-28,35-39,49-50H,11,24-26H2,1-10H3,(H,45,51)/t28-,35-,36-,37-,38?,39+/m1/s1. The molecule has 3 aromatic carbocycles. The summed E-state index contributed by atoms with van der Waals surface area (Å²) >= 11 is 0. The van der Waals surface area contributed by atoms with E-state index in [4.69, 9.17) is 14.2 Å². The summed E-state index contributed by atoms with van der Waals surface area (Å²) in [5, 5.41) is 22.6. The molecule has 0 fully saturated rings. The topological polar surface area (TPSA) is 175 Å². The van der Waals surface area contributed by atoms with E-state index in [0.717, 1.165) is 5.56 Å². The predicted octanol–water partition coefficient (Wildman–Crippen LogP) is 3.99. The highest BCUT2D eigenvalue weighted by molar-refractivity contribution is 5.95. The van der Waals surface area contributed by atoms with Gasteiger partial charge in [-0.15, -0.1) is 0 Å². The molecule has 0 spiro atoms. The summed E-state index contributed by atoms with van der Waals surface area (Å²) in [6, 6.07) is 15.6. The van der Waals surface area contributed by atoms with Crippen LogP contribution in [0.2, 0.25) is 0 Å². The van der Waals surface area contributed by atoms with Gasteiger partial charge in [-0.2, -0.15) is 0 Å². The van der Waals surface area contributed by atoms with E-state index >= 15 is 0 Å². The Balaban J connectivity index is 1.92. The van der Waals surface area contributed by atoms with E-state index in [1.807, 2.05) is 19.1 Å². The van der Waals surface area contributed by atoms with E-state index in [2.05, 4.69) is 5.32 Å². The number of likely N-dealkylation sites (N-methyl/N-ethyl adjacent to an activating group) is 3. The minimum Gasteiger partial charge on any atom is -0.508 e. The van der Waals surface area contributed by atoms with E-state index < -0.39 is 71.8 Å². The number of carbonyl (C=O) groups excluding carboxylic acids is 5. The number of nitrogens with one attached hydrogen (secondary N) is 1. The van der Waals surface area contributed by atoms with Gasteiger partial charge < -0.3 is 39.5 Å². The summed E-state index contributed by atoms with van der Waals surface area (Å²) in [5.74, 6) is -3.22. The lowest BCUT2D eigenvalue weighted by molar-refractivity contribution is -0.164. The maximum atomic E-state index is 14.5. The molecule has 0 heterocycles. The molecule has 3 N–H and O–H groups in total. The Kier molecular flexibility index (Phi) is 17.5. The fraction of sp³-hybridized carbons (Fsp3) is 0.477. The van der Waals surface area contributed by atoms with Gasteiger partial charge in [-0.25, -0.2) is 4.79 Å². The maximum Gasteiger partial charge on any atom is 0.328 e. The van der Waals surface area contributed by atoms with E-state index in [1.54, 1.807) is 83.3 Å². The largest absolute Gasteiger partial charge is 0.508 e. The minimum atomic E-state index is -1.23. The number of nitrogens with zero attached hydrogens (tertiary/aromatic N) is 3. The van der Waals surface area contributed by atoms with Crippen LogP contribution in [0.4, 0.5) is 0 Å². The fourth-order valence-electron chi connectivity index (χ4n) is 6.43. The van der Waals surface area contributed by atoms with Crippen molar-refractivity contribution in [2.24, 2.45) is 11.8 Å². The Morgan fingerprint density at radius 1 is 0.638 bits per heavy atom. The summed E-state index contributed by atoms with van der Waals surface area (Å²) in [7, 11) is 9.21. The first-order chi connectivity index (χ1) is 27.4. The van der Waals surface area contributed by atoms with Gasteiger partial charge in [0.1, 0.15) is 41.4 Å². The van der Waals surface area contributed by atoms with Gasteiger partial charge in [0.05, 0.1) is 14.2 Å². The third-order valence-electron chi connectivity index (χ3n) is 10.5. The Morgan fingerprint density at radius 2 is 1.09 bits per heavy atom. The van der Waals surface area contributed by atoms with Gasteiger partial charge in [-0.3, -0.25) is 24.1 Å². The Hall–Kier alpha value is -5.63. The zero-order valence-electron chi connectivity index (χ0n) is 35.3. The molecule has 6 atom stereocenters. The third kappa shape index (κ3) is 12.7. The molecule has 0 saturated carbocycles. The van der Waals surface area contributed by atoms with E-state index in [1.165, 1.54) is 55.3 Å². The highest BCUT2D eigenvalue weighted by Crippen LogP contribution is 2.22. The first-order valence-corrected chi connectivity index (χ1v) is 19.4. The molecule has 3 aromatic rings. The van der Waals surface area contributed by atoms with E-state index in [9.17, 15) is 34.2 Å². The van der Waals surface area contributed by atoms with Crippen molar-refractivity contribution in [3.63, 3.8) is 0 Å². The van der Waals surface area contributed by atoms with Crippen molar-refractivity contribution >= 4 is 29.7 Å². The zero-order chi connectivity index (χ0) is 43.3. The van der Waals surface area contributed by atoms with Crippen LogP contribution < -0.4 is 10.1 Å². The summed E-state index contributed by atoms with van der Waals surface area (Å²) < 4.78 is 16.3. The number of methoxy groups -OCH3 is 2. The van der Waals surface area contributed by atoms with Crippen LogP contribution in [0.3, 0.4) is 0 Å². The second kappa shape index (κ2) is 21.8. The van der Waals surface area contributed by atoms with Gasteiger partial charge in [-0.1, -0.05) is 64.1 Å². The van der Waals surface area contributed by atoms with Crippen LogP contribution in [0, 0.1) is 11.8 Å². The number of hydrogen-bond acceptors (Lipinski definition) is 11. The van der Waals surface area contributed by atoms with Crippen molar-refractivity contribution in [1.29, 1.82) is 0 Å². The molecule has 14 nitrogen and oxygen atoms in total. The molecule has 3 amide bonds. The summed E-state index contributed by atoms with van der Waals surface area (Å²) in [6.45, 7) is 7.18. The molecule has 0 radical (unpaired) electrons. The van der Waals surface area contributed by atoms with Gasteiger partial charge in [0.25, 0.3) is 5.91 Å². The van der Waals surface area contributed by atoms with Crippen molar-refractivity contribution in [1.82, 2.24) is 20.0 Å². The SMILES string of the molecule is CC[C@@H](C)[C@H](OC(=O)[C@@H](Cc1ccc(OC)cc1)N(C)C)C(=O)NC(C(=O)N(C)[C@H](Cc1ccc(O)cc1)C(=O)N(C)[C@H](Cc1ccc(O)cc1)C(=O)OC)C(C)C. The molecular weight excluding hydrogens is 745 g/mol. The van der Waals surface area contributed by atoms with Gasteiger partial charge in [0.2, 0.25) is 11.8 Å². The molecule has 0 aliphatic rings. The molecule has 1 unspecified atom stereocenters. The average molecular weight is 805 g/mol. The second-order valence-electron chi connectivity index (χ2n) is 15.2. The normalized spacial score (nSPS) is 14.3. The summed E-state index contributed by atoms with van der Waals surface area (Å²) in [4.78, 5) is 74.2. The predicted molar refractivity (Wildman–Crippen MR) is 219 cm³/mol. The van der Waals surface area contributed by atoms with Gasteiger partial charge in [0.15, 0.2) is 6.10 Å². The van der Waals surface area contributed by atoms with Gasteiger partial charge in [-0.05, 0) is 85.9 Å². The highest BCUT2D eigenvalue weighted by Gasteiger charge is 2.40. The highest BCUT2D eigenvalue weighted by atomic mass is 16.6. The molecular formula is C44H60N4O10.